The summed E-state index contributed by atoms with van der Waals surface area (Å²) in [4.78, 5) is 33.4. The molecule has 3 N–H and O–H groups in total. The van der Waals surface area contributed by atoms with Crippen LogP contribution in [0.3, 0.4) is 0 Å². The number of hydrogen-bond donors (Lipinski definition) is 3. The van der Waals surface area contributed by atoms with E-state index < -0.39 is 18.0 Å². The topological polar surface area (TPSA) is 104 Å². The summed E-state index contributed by atoms with van der Waals surface area (Å²) >= 11 is 0. The Bertz CT molecular complexity index is 445. The van der Waals surface area contributed by atoms with Crippen LogP contribution in [0.4, 0.5) is 0 Å². The van der Waals surface area contributed by atoms with E-state index in [1.807, 2.05) is 0 Å². The SMILES string of the molecule is CCCCCCCCCCCCCCCCCC(=O)NC(CCC(=O)O)C(=O)O.[Na]. The molecule has 0 aromatic rings. The van der Waals surface area contributed by atoms with Gasteiger partial charge in [-0.2, -0.15) is 0 Å². The van der Waals surface area contributed by atoms with E-state index in [4.69, 9.17) is 10.2 Å². The second-order valence-electron chi connectivity index (χ2n) is 8.09. The molecule has 0 aliphatic heterocycles. The van der Waals surface area contributed by atoms with E-state index in [1.165, 1.54) is 77.0 Å². The first-order valence-corrected chi connectivity index (χ1v) is 11.7. The van der Waals surface area contributed by atoms with Gasteiger partial charge in [0, 0.05) is 42.4 Å². The molecule has 6 nitrogen and oxygen atoms in total. The summed E-state index contributed by atoms with van der Waals surface area (Å²) < 4.78 is 0. The number of amides is 1. The second-order valence-corrected chi connectivity index (χ2v) is 8.09. The number of aliphatic carboxylic acids is 2. The van der Waals surface area contributed by atoms with Crippen molar-refractivity contribution in [1.29, 1.82) is 0 Å². The molecule has 0 aromatic heterocycles. The number of unbranched alkanes of at least 4 members (excludes halogenated alkanes) is 14. The molecule has 1 amide bonds. The zero-order valence-corrected chi connectivity index (χ0v) is 21.4. The maximum Gasteiger partial charge on any atom is 0.326 e. The van der Waals surface area contributed by atoms with Crippen molar-refractivity contribution in [3.05, 3.63) is 0 Å². The van der Waals surface area contributed by atoms with Crippen LogP contribution in [0.1, 0.15) is 122 Å². The maximum atomic E-state index is 11.8. The Balaban J connectivity index is 0. The monoisotopic (exact) mass is 436 g/mol. The van der Waals surface area contributed by atoms with Crippen LogP contribution in [0.25, 0.3) is 0 Å². The van der Waals surface area contributed by atoms with Crippen molar-refractivity contribution in [2.75, 3.05) is 0 Å². The summed E-state index contributed by atoms with van der Waals surface area (Å²) in [6, 6.07) is -1.12. The largest absolute Gasteiger partial charge is 0.481 e. The molecule has 0 bridgehead atoms. The number of carbonyl (C=O) groups is 3. The molecule has 1 radical (unpaired) electrons. The van der Waals surface area contributed by atoms with Gasteiger partial charge in [0.05, 0.1) is 0 Å². The second kappa shape index (κ2) is 23.1. The minimum atomic E-state index is -1.18. The normalized spacial score (nSPS) is 11.5. The average Bonchev–Trinajstić information content (AvgIpc) is 2.67. The molecular formula is C23H43NNaO5. The van der Waals surface area contributed by atoms with Crippen molar-refractivity contribution in [2.45, 2.75) is 129 Å². The van der Waals surface area contributed by atoms with Crippen LogP contribution >= 0.6 is 0 Å². The Kier molecular flexibility index (Phi) is 24.3. The smallest absolute Gasteiger partial charge is 0.326 e. The van der Waals surface area contributed by atoms with Crippen LogP contribution in [-0.4, -0.2) is 63.7 Å². The van der Waals surface area contributed by atoms with E-state index in [-0.39, 0.29) is 48.3 Å². The molecule has 0 heterocycles. The molecule has 0 saturated heterocycles. The van der Waals surface area contributed by atoms with E-state index in [0.717, 1.165) is 19.3 Å². The van der Waals surface area contributed by atoms with Crippen molar-refractivity contribution < 1.29 is 24.6 Å². The van der Waals surface area contributed by atoms with Crippen LogP contribution in [0, 0.1) is 0 Å². The Morgan fingerprint density at radius 2 is 1.07 bits per heavy atom. The standard InChI is InChI=1S/C23H43NO5.Na/c1-2-3-4-5-6-7-8-9-10-11-12-13-14-15-16-17-21(25)24-20(23(28)29)18-19-22(26)27;/h20H,2-19H2,1H3,(H,24,25)(H,26,27)(H,28,29);. The minimum Gasteiger partial charge on any atom is -0.481 e. The number of nitrogens with one attached hydrogen (secondary N) is 1. The summed E-state index contributed by atoms with van der Waals surface area (Å²) in [6.07, 6.45) is 18.8. The van der Waals surface area contributed by atoms with Gasteiger partial charge in [0.15, 0.2) is 0 Å². The first-order valence-electron chi connectivity index (χ1n) is 11.7. The van der Waals surface area contributed by atoms with Crippen LogP contribution in [0.2, 0.25) is 0 Å². The summed E-state index contributed by atoms with van der Waals surface area (Å²) in [5.41, 5.74) is 0. The molecule has 0 saturated carbocycles. The van der Waals surface area contributed by atoms with E-state index in [1.54, 1.807) is 0 Å². The number of rotatable bonds is 21. The van der Waals surface area contributed by atoms with Crippen molar-refractivity contribution in [3.63, 3.8) is 0 Å². The third kappa shape index (κ3) is 22.1. The number of hydrogen-bond acceptors (Lipinski definition) is 3. The molecule has 30 heavy (non-hydrogen) atoms. The van der Waals surface area contributed by atoms with Crippen LogP contribution < -0.4 is 5.32 Å². The summed E-state index contributed by atoms with van der Waals surface area (Å²) in [6.45, 7) is 2.25. The molecule has 0 aliphatic carbocycles. The zero-order valence-electron chi connectivity index (χ0n) is 19.4. The quantitative estimate of drug-likeness (QED) is 0.167. The number of carboxylic acid groups (broad SMARTS) is 2. The first kappa shape index (κ1) is 31.6. The van der Waals surface area contributed by atoms with Gasteiger partial charge in [-0.3, -0.25) is 9.59 Å². The van der Waals surface area contributed by atoms with E-state index in [9.17, 15) is 14.4 Å². The summed E-state index contributed by atoms with van der Waals surface area (Å²) in [7, 11) is 0. The number of carbonyl (C=O) groups excluding carboxylic acids is 1. The maximum absolute atomic E-state index is 11.8. The van der Waals surface area contributed by atoms with Gasteiger partial charge in [0.1, 0.15) is 6.04 Å². The molecule has 1 unspecified atom stereocenters. The Morgan fingerprint density at radius 1 is 0.667 bits per heavy atom. The van der Waals surface area contributed by atoms with Crippen molar-refractivity contribution >= 4 is 47.4 Å². The first-order chi connectivity index (χ1) is 14.0. The van der Waals surface area contributed by atoms with E-state index in [2.05, 4.69) is 12.2 Å². The summed E-state index contributed by atoms with van der Waals surface area (Å²) in [5, 5.41) is 20.1. The predicted molar refractivity (Wildman–Crippen MR) is 122 cm³/mol. The Morgan fingerprint density at radius 3 is 1.43 bits per heavy atom. The van der Waals surface area contributed by atoms with Crippen LogP contribution in [-0.2, 0) is 14.4 Å². The average molecular weight is 437 g/mol. The van der Waals surface area contributed by atoms with E-state index in [0.29, 0.717) is 6.42 Å². The fourth-order valence-corrected chi connectivity index (χ4v) is 3.45. The van der Waals surface area contributed by atoms with Crippen LogP contribution in [0.15, 0.2) is 0 Å². The predicted octanol–water partition coefficient (Wildman–Crippen LogP) is 5.30. The van der Waals surface area contributed by atoms with Gasteiger partial charge < -0.3 is 15.5 Å². The van der Waals surface area contributed by atoms with Gasteiger partial charge in [-0.1, -0.05) is 96.8 Å². The molecule has 1 atom stereocenters. The van der Waals surface area contributed by atoms with Gasteiger partial charge in [0.25, 0.3) is 0 Å². The molecular weight excluding hydrogens is 393 g/mol. The number of carboxylic acids is 2. The zero-order chi connectivity index (χ0) is 21.7. The van der Waals surface area contributed by atoms with Gasteiger partial charge in [0.2, 0.25) is 5.91 Å². The van der Waals surface area contributed by atoms with Crippen molar-refractivity contribution in [2.24, 2.45) is 0 Å². The van der Waals surface area contributed by atoms with Crippen molar-refractivity contribution in [1.82, 2.24) is 5.32 Å². The fraction of sp³-hybridized carbons (Fsp3) is 0.870. The third-order valence-electron chi connectivity index (χ3n) is 5.29. The molecule has 0 rings (SSSR count). The van der Waals surface area contributed by atoms with Gasteiger partial charge >= 0.3 is 11.9 Å². The molecule has 171 valence electrons. The Labute approximate surface area is 205 Å². The van der Waals surface area contributed by atoms with Gasteiger partial charge in [-0.05, 0) is 12.8 Å². The van der Waals surface area contributed by atoms with Gasteiger partial charge in [-0.25, -0.2) is 4.79 Å². The Hall–Kier alpha value is -0.590. The fourth-order valence-electron chi connectivity index (χ4n) is 3.45. The molecule has 7 heteroatoms. The molecule has 0 fully saturated rings. The molecule has 0 aliphatic rings. The van der Waals surface area contributed by atoms with Crippen molar-refractivity contribution in [3.8, 4) is 0 Å². The summed E-state index contributed by atoms with van der Waals surface area (Å²) in [5.74, 6) is -2.55. The minimum absolute atomic E-state index is 0. The third-order valence-corrected chi connectivity index (χ3v) is 5.29. The van der Waals surface area contributed by atoms with Crippen LogP contribution in [0.5, 0.6) is 0 Å². The molecule has 0 spiro atoms. The molecule has 0 aromatic carbocycles. The van der Waals surface area contributed by atoms with E-state index >= 15 is 0 Å². The van der Waals surface area contributed by atoms with Gasteiger partial charge in [-0.15, -0.1) is 0 Å².